The van der Waals surface area contributed by atoms with Crippen molar-refractivity contribution in [2.45, 2.75) is 26.7 Å². The van der Waals surface area contributed by atoms with Gasteiger partial charge in [0.05, 0.1) is 12.9 Å². The van der Waals surface area contributed by atoms with E-state index in [-0.39, 0.29) is 23.2 Å². The van der Waals surface area contributed by atoms with E-state index in [1.807, 2.05) is 38.1 Å². The van der Waals surface area contributed by atoms with Gasteiger partial charge in [-0.3, -0.25) is 4.79 Å². The first kappa shape index (κ1) is 21.5. The summed E-state index contributed by atoms with van der Waals surface area (Å²) in [5.41, 5.74) is 2.49. The Labute approximate surface area is 166 Å². The molecule has 0 aromatic heterocycles. The molecule has 0 unspecified atom stereocenters. The predicted molar refractivity (Wildman–Crippen MR) is 111 cm³/mol. The van der Waals surface area contributed by atoms with Gasteiger partial charge in [0, 0.05) is 11.8 Å². The number of anilines is 1. The van der Waals surface area contributed by atoms with Gasteiger partial charge in [-0.15, -0.1) is 0 Å². The zero-order chi connectivity index (χ0) is 20.6. The summed E-state index contributed by atoms with van der Waals surface area (Å²) in [5, 5.41) is 2.77. The minimum atomic E-state index is -3.67. The van der Waals surface area contributed by atoms with Crippen LogP contribution in [0.25, 0.3) is 6.08 Å². The van der Waals surface area contributed by atoms with Crippen molar-refractivity contribution in [2.24, 2.45) is 0 Å². The highest BCUT2D eigenvalue weighted by molar-refractivity contribution is 7.87. The average Bonchev–Trinajstić information content (AvgIpc) is 2.67. The molecule has 0 bridgehead atoms. The number of nitrogens with one attached hydrogen (secondary N) is 1. The maximum absolute atomic E-state index is 12.0. The van der Waals surface area contributed by atoms with Gasteiger partial charge in [0.25, 0.3) is 0 Å². The highest BCUT2D eigenvalue weighted by Crippen LogP contribution is 2.30. The summed E-state index contributed by atoms with van der Waals surface area (Å²) < 4.78 is 34.3. The molecule has 6 nitrogen and oxygen atoms in total. The van der Waals surface area contributed by atoms with E-state index in [0.717, 1.165) is 12.0 Å². The van der Waals surface area contributed by atoms with Crippen LogP contribution in [0.5, 0.6) is 11.5 Å². The molecule has 150 valence electrons. The van der Waals surface area contributed by atoms with Crippen LogP contribution in [0.15, 0.2) is 48.5 Å². The first-order chi connectivity index (χ1) is 13.3. The topological polar surface area (TPSA) is 81.7 Å². The van der Waals surface area contributed by atoms with Crippen molar-refractivity contribution in [3.8, 4) is 11.5 Å². The largest absolute Gasteiger partial charge is 0.493 e. The number of carbonyl (C=O) groups is 1. The van der Waals surface area contributed by atoms with Crippen LogP contribution in [-0.2, 0) is 14.9 Å². The average molecular weight is 404 g/mol. The van der Waals surface area contributed by atoms with Gasteiger partial charge in [0.1, 0.15) is 0 Å². The Balaban J connectivity index is 2.07. The third kappa shape index (κ3) is 6.74. The lowest BCUT2D eigenvalue weighted by Crippen LogP contribution is -2.14. The fraction of sp³-hybridized carbons (Fsp3) is 0.286. The molecule has 2 aromatic carbocycles. The number of amides is 1. The number of methoxy groups -OCH3 is 1. The molecule has 0 fully saturated rings. The maximum atomic E-state index is 12.0. The summed E-state index contributed by atoms with van der Waals surface area (Å²) in [6.45, 7) is 3.88. The molecule has 0 aliphatic carbocycles. The zero-order valence-corrected chi connectivity index (χ0v) is 17.1. The van der Waals surface area contributed by atoms with Gasteiger partial charge in [0.2, 0.25) is 5.91 Å². The molecule has 0 aliphatic rings. The molecule has 28 heavy (non-hydrogen) atoms. The molecule has 0 spiro atoms. The number of benzene rings is 2. The van der Waals surface area contributed by atoms with Gasteiger partial charge in [-0.25, -0.2) is 0 Å². The van der Waals surface area contributed by atoms with Crippen LogP contribution in [0.4, 0.5) is 5.69 Å². The quantitative estimate of drug-likeness (QED) is 0.502. The Morgan fingerprint density at radius 3 is 2.46 bits per heavy atom. The molecular formula is C21H25NO5S. The van der Waals surface area contributed by atoms with Crippen LogP contribution in [0.1, 0.15) is 30.9 Å². The van der Waals surface area contributed by atoms with Crippen molar-refractivity contribution in [3.63, 3.8) is 0 Å². The van der Waals surface area contributed by atoms with E-state index in [1.54, 1.807) is 18.2 Å². The maximum Gasteiger partial charge on any atom is 0.309 e. The molecule has 0 atom stereocenters. The fourth-order valence-corrected chi connectivity index (χ4v) is 3.49. The predicted octanol–water partition coefficient (Wildman–Crippen LogP) is 4.16. The Hall–Kier alpha value is -2.80. The summed E-state index contributed by atoms with van der Waals surface area (Å²) in [5.74, 6) is 0.0827. The summed E-state index contributed by atoms with van der Waals surface area (Å²) in [7, 11) is -2.24. The second kappa shape index (κ2) is 9.94. The Morgan fingerprint density at radius 2 is 1.82 bits per heavy atom. The van der Waals surface area contributed by atoms with Gasteiger partial charge in [-0.05, 0) is 49.2 Å². The highest BCUT2D eigenvalue weighted by Gasteiger charge is 2.15. The third-order valence-corrected chi connectivity index (χ3v) is 5.12. The van der Waals surface area contributed by atoms with Crippen LogP contribution in [-0.4, -0.2) is 27.2 Å². The lowest BCUT2D eigenvalue weighted by Gasteiger charge is -2.11. The lowest BCUT2D eigenvalue weighted by atomic mass is 10.2. The third-order valence-electron chi connectivity index (χ3n) is 3.90. The monoisotopic (exact) mass is 403 g/mol. The number of aryl methyl sites for hydroxylation is 1. The van der Waals surface area contributed by atoms with Crippen molar-refractivity contribution >= 4 is 27.8 Å². The number of unbranched alkanes of at least 4 members (excludes halogenated alkanes) is 1. The number of hydrogen-bond acceptors (Lipinski definition) is 5. The van der Waals surface area contributed by atoms with Crippen molar-refractivity contribution in [2.75, 3.05) is 18.2 Å². The van der Waals surface area contributed by atoms with Gasteiger partial charge in [0.15, 0.2) is 11.5 Å². The van der Waals surface area contributed by atoms with Crippen molar-refractivity contribution in [1.82, 2.24) is 0 Å². The highest BCUT2D eigenvalue weighted by atomic mass is 32.2. The first-order valence-electron chi connectivity index (χ1n) is 8.99. The number of carbonyl (C=O) groups excluding carboxylic acids is 1. The molecule has 1 amide bonds. The molecule has 0 radical (unpaired) electrons. The number of ether oxygens (including phenoxy) is 1. The van der Waals surface area contributed by atoms with E-state index in [1.165, 1.54) is 19.3 Å². The minimum Gasteiger partial charge on any atom is -0.493 e. The molecule has 0 saturated heterocycles. The molecular weight excluding hydrogens is 378 g/mol. The van der Waals surface area contributed by atoms with E-state index < -0.39 is 10.1 Å². The Bertz CT molecular complexity index is 934. The summed E-state index contributed by atoms with van der Waals surface area (Å²) >= 11 is 0. The lowest BCUT2D eigenvalue weighted by molar-refractivity contribution is -0.111. The normalized spacial score (nSPS) is 11.4. The van der Waals surface area contributed by atoms with E-state index >= 15 is 0 Å². The van der Waals surface area contributed by atoms with Gasteiger partial charge in [-0.2, -0.15) is 8.42 Å². The summed E-state index contributed by atoms with van der Waals surface area (Å²) in [6.07, 6.45) is 4.30. The van der Waals surface area contributed by atoms with Crippen LogP contribution in [0, 0.1) is 6.92 Å². The van der Waals surface area contributed by atoms with Gasteiger partial charge < -0.3 is 14.2 Å². The fourth-order valence-electron chi connectivity index (χ4n) is 2.35. The van der Waals surface area contributed by atoms with E-state index in [0.29, 0.717) is 17.7 Å². The SMILES string of the molecule is CCCCS(=O)(=O)Oc1ccc(/C=C/C(=O)Nc2ccc(C)cc2)cc1OC. The minimum absolute atomic E-state index is 0.0481. The molecule has 0 saturated carbocycles. The molecule has 7 heteroatoms. The summed E-state index contributed by atoms with van der Waals surface area (Å²) in [6, 6.07) is 12.3. The molecule has 2 rings (SSSR count). The first-order valence-corrected chi connectivity index (χ1v) is 10.6. The van der Waals surface area contributed by atoms with Crippen LogP contribution < -0.4 is 14.2 Å². The standard InChI is InChI=1S/C21H25NO5S/c1-4-5-14-28(24,25)27-19-12-8-17(15-20(19)26-3)9-13-21(23)22-18-10-6-16(2)7-11-18/h6-13,15H,4-5,14H2,1-3H3,(H,22,23)/b13-9+. The zero-order valence-electron chi connectivity index (χ0n) is 16.3. The van der Waals surface area contributed by atoms with Crippen LogP contribution >= 0.6 is 0 Å². The second-order valence-electron chi connectivity index (χ2n) is 6.30. The molecule has 0 heterocycles. The van der Waals surface area contributed by atoms with Crippen molar-refractivity contribution in [3.05, 3.63) is 59.7 Å². The Kier molecular flexibility index (Phi) is 7.63. The second-order valence-corrected chi connectivity index (χ2v) is 7.99. The van der Waals surface area contributed by atoms with Gasteiger partial charge in [-0.1, -0.05) is 37.1 Å². The molecule has 1 N–H and O–H groups in total. The number of hydrogen-bond donors (Lipinski definition) is 1. The van der Waals surface area contributed by atoms with Crippen molar-refractivity contribution in [1.29, 1.82) is 0 Å². The molecule has 2 aromatic rings. The smallest absolute Gasteiger partial charge is 0.309 e. The van der Waals surface area contributed by atoms with Crippen LogP contribution in [0.3, 0.4) is 0 Å². The molecule has 0 aliphatic heterocycles. The number of rotatable bonds is 9. The summed E-state index contributed by atoms with van der Waals surface area (Å²) in [4.78, 5) is 12.0. The van der Waals surface area contributed by atoms with E-state index in [4.69, 9.17) is 8.92 Å². The van der Waals surface area contributed by atoms with E-state index in [2.05, 4.69) is 5.32 Å². The Morgan fingerprint density at radius 1 is 1.11 bits per heavy atom. The van der Waals surface area contributed by atoms with Crippen molar-refractivity contribution < 1.29 is 22.1 Å². The van der Waals surface area contributed by atoms with Crippen LogP contribution in [0.2, 0.25) is 0 Å². The van der Waals surface area contributed by atoms with Gasteiger partial charge >= 0.3 is 10.1 Å². The van der Waals surface area contributed by atoms with E-state index in [9.17, 15) is 13.2 Å².